The minimum atomic E-state index is -3.70. The van der Waals surface area contributed by atoms with E-state index in [0.29, 0.717) is 0 Å². The van der Waals surface area contributed by atoms with Crippen LogP contribution in [0.2, 0.25) is 0 Å². The third kappa shape index (κ3) is 7.12. The van der Waals surface area contributed by atoms with Crippen molar-refractivity contribution in [3.63, 3.8) is 0 Å². The predicted octanol–water partition coefficient (Wildman–Crippen LogP) is 0.740. The monoisotopic (exact) mass is 218 g/mol. The zero-order chi connectivity index (χ0) is 11.0. The van der Waals surface area contributed by atoms with Gasteiger partial charge in [-0.1, -0.05) is 6.92 Å². The maximum Gasteiger partial charge on any atom is 0.336 e. The molecule has 0 bridgehead atoms. The number of oxime groups is 1. The van der Waals surface area contributed by atoms with Gasteiger partial charge >= 0.3 is 16.0 Å². The fraction of sp³-hybridized carbons (Fsp3) is 0.429. The van der Waals surface area contributed by atoms with Crippen LogP contribution in [0.3, 0.4) is 0 Å². The van der Waals surface area contributed by atoms with E-state index in [0.717, 1.165) is 12.7 Å². The molecular weight excluding hydrogens is 208 g/mol. The largest absolute Gasteiger partial charge is 0.437 e. The summed E-state index contributed by atoms with van der Waals surface area (Å²) in [6, 6.07) is 1.52. The molecule has 0 aliphatic heterocycles. The molecule has 0 heterocycles. The van der Waals surface area contributed by atoms with Crippen LogP contribution in [-0.4, -0.2) is 20.6 Å². The van der Waals surface area contributed by atoms with Crippen LogP contribution in [0.5, 0.6) is 0 Å². The number of rotatable bonds is 4. The maximum absolute atomic E-state index is 10.5. The van der Waals surface area contributed by atoms with Crippen molar-refractivity contribution in [3.05, 3.63) is 12.3 Å². The molecule has 14 heavy (non-hydrogen) atoms. The van der Waals surface area contributed by atoms with Gasteiger partial charge in [-0.25, -0.2) is 0 Å². The van der Waals surface area contributed by atoms with Crippen molar-refractivity contribution in [3.8, 4) is 6.07 Å². The molecule has 0 saturated carbocycles. The standard InChI is InChI=1S/C7H10N2O4S/c1-3-4-5-12-7(6-8)9-13-14(2,10)11/h4-5H,3H2,1-2H3. The van der Waals surface area contributed by atoms with Gasteiger partial charge in [0.25, 0.3) is 0 Å². The Morgan fingerprint density at radius 3 is 2.71 bits per heavy atom. The topological polar surface area (TPSA) is 88.8 Å². The van der Waals surface area contributed by atoms with Crippen LogP contribution in [0.25, 0.3) is 0 Å². The van der Waals surface area contributed by atoms with E-state index in [9.17, 15) is 8.42 Å². The van der Waals surface area contributed by atoms with E-state index in [-0.39, 0.29) is 0 Å². The lowest BCUT2D eigenvalue weighted by atomic mass is 10.5. The first kappa shape index (κ1) is 12.4. The highest BCUT2D eigenvalue weighted by molar-refractivity contribution is 7.85. The van der Waals surface area contributed by atoms with Gasteiger partial charge in [0, 0.05) is 0 Å². The van der Waals surface area contributed by atoms with Gasteiger partial charge in [0.15, 0.2) is 6.07 Å². The number of nitriles is 1. The highest BCUT2D eigenvalue weighted by Crippen LogP contribution is 1.91. The summed E-state index contributed by atoms with van der Waals surface area (Å²) in [6.07, 6.45) is 4.40. The van der Waals surface area contributed by atoms with Crippen LogP contribution in [-0.2, 0) is 19.1 Å². The number of nitrogens with zero attached hydrogens (tertiary/aromatic N) is 2. The lowest BCUT2D eigenvalue weighted by Crippen LogP contribution is -2.02. The number of hydrogen-bond donors (Lipinski definition) is 0. The summed E-state index contributed by atoms with van der Waals surface area (Å²) in [6.45, 7) is 1.87. The van der Waals surface area contributed by atoms with Gasteiger partial charge < -0.3 is 4.74 Å². The highest BCUT2D eigenvalue weighted by Gasteiger charge is 2.02. The molecule has 0 fully saturated rings. The molecule has 0 atom stereocenters. The molecule has 0 spiro atoms. The average Bonchev–Trinajstić information content (AvgIpc) is 2.09. The van der Waals surface area contributed by atoms with Crippen molar-refractivity contribution >= 4 is 16.0 Å². The Bertz CT molecular complexity index is 364. The van der Waals surface area contributed by atoms with E-state index in [1.54, 1.807) is 6.08 Å². The lowest BCUT2D eigenvalue weighted by Gasteiger charge is -1.95. The van der Waals surface area contributed by atoms with Crippen molar-refractivity contribution in [1.82, 2.24) is 0 Å². The SMILES string of the molecule is CCC=COC(C#N)=NOS(C)(=O)=O. The second-order valence-corrected chi connectivity index (χ2v) is 3.74. The quantitative estimate of drug-likeness (QED) is 0.300. The van der Waals surface area contributed by atoms with E-state index in [2.05, 4.69) is 14.2 Å². The molecule has 0 aliphatic rings. The van der Waals surface area contributed by atoms with E-state index >= 15 is 0 Å². The molecule has 0 radical (unpaired) electrons. The fourth-order valence-corrected chi connectivity index (χ4v) is 0.582. The Kier molecular flexibility index (Phi) is 5.33. The smallest absolute Gasteiger partial charge is 0.336 e. The summed E-state index contributed by atoms with van der Waals surface area (Å²) < 4.78 is 29.6. The van der Waals surface area contributed by atoms with Crippen LogP contribution in [0.4, 0.5) is 0 Å². The summed E-state index contributed by atoms with van der Waals surface area (Å²) in [5, 5.41) is 11.4. The molecule has 6 nitrogen and oxygen atoms in total. The Labute approximate surface area is 82.5 Å². The molecule has 0 aliphatic carbocycles. The number of hydrogen-bond acceptors (Lipinski definition) is 6. The van der Waals surface area contributed by atoms with Crippen LogP contribution in [0.1, 0.15) is 13.3 Å². The first-order chi connectivity index (χ1) is 6.49. The average molecular weight is 218 g/mol. The summed E-state index contributed by atoms with van der Waals surface area (Å²) in [7, 11) is -3.70. The second-order valence-electron chi connectivity index (χ2n) is 2.18. The third-order valence-corrected chi connectivity index (χ3v) is 1.21. The normalized spacial score (nSPS) is 12.5. The van der Waals surface area contributed by atoms with E-state index in [1.807, 2.05) is 6.92 Å². The molecule has 0 amide bonds. The lowest BCUT2D eigenvalue weighted by molar-refractivity contribution is 0.323. The minimum Gasteiger partial charge on any atom is -0.437 e. The summed E-state index contributed by atoms with van der Waals surface area (Å²) in [5.41, 5.74) is 0. The van der Waals surface area contributed by atoms with E-state index in [1.165, 1.54) is 12.3 Å². The summed E-state index contributed by atoms with van der Waals surface area (Å²) >= 11 is 0. The Hall–Kier alpha value is -1.55. The van der Waals surface area contributed by atoms with Crippen LogP contribution >= 0.6 is 0 Å². The van der Waals surface area contributed by atoms with E-state index < -0.39 is 16.0 Å². The van der Waals surface area contributed by atoms with E-state index in [4.69, 9.17) is 5.26 Å². The van der Waals surface area contributed by atoms with Crippen molar-refractivity contribution in [2.75, 3.05) is 6.26 Å². The Morgan fingerprint density at radius 2 is 2.29 bits per heavy atom. The molecule has 0 saturated heterocycles. The van der Waals surface area contributed by atoms with Crippen molar-refractivity contribution in [2.45, 2.75) is 13.3 Å². The van der Waals surface area contributed by atoms with Crippen LogP contribution in [0, 0.1) is 11.3 Å². The molecule has 0 N–H and O–H groups in total. The fourth-order valence-electron chi connectivity index (χ4n) is 0.379. The van der Waals surface area contributed by atoms with Crippen LogP contribution in [0.15, 0.2) is 17.5 Å². The van der Waals surface area contributed by atoms with Crippen molar-refractivity contribution in [2.24, 2.45) is 5.16 Å². The zero-order valence-electron chi connectivity index (χ0n) is 7.80. The maximum atomic E-state index is 10.5. The predicted molar refractivity (Wildman–Crippen MR) is 49.5 cm³/mol. The van der Waals surface area contributed by atoms with Gasteiger partial charge in [-0.3, -0.25) is 4.28 Å². The second kappa shape index (κ2) is 5.99. The number of ether oxygens (including phenoxy) is 1. The first-order valence-electron chi connectivity index (χ1n) is 3.68. The van der Waals surface area contributed by atoms with Crippen LogP contribution < -0.4 is 0 Å². The molecule has 78 valence electrons. The van der Waals surface area contributed by atoms with Crippen molar-refractivity contribution < 1.29 is 17.4 Å². The molecule has 7 heteroatoms. The zero-order valence-corrected chi connectivity index (χ0v) is 8.61. The van der Waals surface area contributed by atoms with Gasteiger partial charge in [-0.05, 0) is 17.7 Å². The molecule has 0 aromatic heterocycles. The van der Waals surface area contributed by atoms with Gasteiger partial charge in [0.2, 0.25) is 0 Å². The summed E-state index contributed by atoms with van der Waals surface area (Å²) in [5.74, 6) is -0.472. The van der Waals surface area contributed by atoms with Gasteiger partial charge in [-0.15, -0.1) is 0 Å². The third-order valence-electron chi connectivity index (χ3n) is 0.863. The Balaban J connectivity index is 4.29. The first-order valence-corrected chi connectivity index (χ1v) is 5.49. The minimum absolute atomic E-state index is 0.472. The molecule has 0 unspecified atom stereocenters. The van der Waals surface area contributed by atoms with Gasteiger partial charge in [0.05, 0.1) is 12.5 Å². The van der Waals surface area contributed by atoms with Gasteiger partial charge in [-0.2, -0.15) is 13.7 Å². The molecule has 0 aromatic rings. The Morgan fingerprint density at radius 1 is 1.64 bits per heavy atom. The molecule has 0 aromatic carbocycles. The van der Waals surface area contributed by atoms with Crippen molar-refractivity contribution in [1.29, 1.82) is 5.26 Å². The number of allylic oxidation sites excluding steroid dienone is 1. The molecule has 0 rings (SSSR count). The molecular formula is C7H10N2O4S. The highest BCUT2D eigenvalue weighted by atomic mass is 32.2. The summed E-state index contributed by atoms with van der Waals surface area (Å²) in [4.78, 5) is 0. The van der Waals surface area contributed by atoms with Gasteiger partial charge in [0.1, 0.15) is 0 Å².